The Morgan fingerprint density at radius 3 is 2.91 bits per heavy atom. The molecule has 0 aromatic carbocycles. The zero-order valence-electron chi connectivity index (χ0n) is 6.00. The van der Waals surface area contributed by atoms with E-state index in [4.69, 9.17) is 11.0 Å². The maximum Gasteiger partial charge on any atom is 0.110 e. The lowest BCUT2D eigenvalue weighted by atomic mass is 10.2. The summed E-state index contributed by atoms with van der Waals surface area (Å²) < 4.78 is 0. The molecule has 0 atom stereocenters. The largest absolute Gasteiger partial charge is 0.326 e. The van der Waals surface area contributed by atoms with Gasteiger partial charge in [-0.25, -0.2) is 0 Å². The van der Waals surface area contributed by atoms with Crippen molar-refractivity contribution in [2.45, 2.75) is 0 Å². The van der Waals surface area contributed by atoms with Gasteiger partial charge in [-0.2, -0.15) is 5.26 Å². The number of nitrogens with two attached hydrogens (primary N) is 1. The summed E-state index contributed by atoms with van der Waals surface area (Å²) in [4.78, 5) is 1.71. The average molecular weight is 164 g/mol. The lowest BCUT2D eigenvalue weighted by Crippen LogP contribution is -1.98. The highest BCUT2D eigenvalue weighted by molar-refractivity contribution is 7.13. The third-order valence-electron chi connectivity index (χ3n) is 1.31. The summed E-state index contributed by atoms with van der Waals surface area (Å²) in [7, 11) is 0. The maximum atomic E-state index is 8.50. The molecule has 11 heavy (non-hydrogen) atoms. The van der Waals surface area contributed by atoms with Crippen LogP contribution in [-0.4, -0.2) is 6.54 Å². The molecule has 0 aliphatic heterocycles. The fourth-order valence-electron chi connectivity index (χ4n) is 0.689. The van der Waals surface area contributed by atoms with Gasteiger partial charge in [-0.1, -0.05) is 6.58 Å². The highest BCUT2D eigenvalue weighted by Crippen LogP contribution is 2.21. The van der Waals surface area contributed by atoms with Crippen molar-refractivity contribution in [1.82, 2.24) is 0 Å². The van der Waals surface area contributed by atoms with Crippen molar-refractivity contribution < 1.29 is 0 Å². The van der Waals surface area contributed by atoms with E-state index in [1.807, 2.05) is 6.07 Å². The highest BCUT2D eigenvalue weighted by atomic mass is 32.1. The molecule has 0 saturated carbocycles. The van der Waals surface area contributed by atoms with Gasteiger partial charge in [-0.15, -0.1) is 11.3 Å². The normalized spacial score (nSPS) is 9.09. The Hall–Kier alpha value is -1.11. The molecule has 0 amide bonds. The van der Waals surface area contributed by atoms with Crippen LogP contribution in [0.5, 0.6) is 0 Å². The van der Waals surface area contributed by atoms with Crippen molar-refractivity contribution in [2.75, 3.05) is 6.54 Å². The third kappa shape index (κ3) is 1.67. The standard InChI is InChI=1S/C8H8N2S/c1-6(4-9)8-3-2-7(5-10)11-8/h2-3H,1,4,9H2. The molecule has 0 spiro atoms. The smallest absolute Gasteiger partial charge is 0.110 e. The van der Waals surface area contributed by atoms with Crippen LogP contribution in [0.25, 0.3) is 5.57 Å². The summed E-state index contributed by atoms with van der Waals surface area (Å²) in [6.45, 7) is 4.22. The molecule has 0 saturated heterocycles. The van der Waals surface area contributed by atoms with E-state index in [0.717, 1.165) is 10.5 Å². The number of thiophene rings is 1. The van der Waals surface area contributed by atoms with Gasteiger partial charge in [-0.3, -0.25) is 0 Å². The highest BCUT2D eigenvalue weighted by Gasteiger charge is 2.00. The Bertz CT molecular complexity index is 306. The molecule has 0 radical (unpaired) electrons. The zero-order chi connectivity index (χ0) is 8.27. The van der Waals surface area contributed by atoms with E-state index in [1.54, 1.807) is 6.07 Å². The molecule has 2 N–H and O–H groups in total. The Balaban J connectivity index is 2.91. The number of nitrogens with zero attached hydrogens (tertiary/aromatic N) is 1. The van der Waals surface area contributed by atoms with E-state index in [1.165, 1.54) is 11.3 Å². The minimum atomic E-state index is 0.450. The van der Waals surface area contributed by atoms with E-state index < -0.39 is 0 Å². The average Bonchev–Trinajstić information content (AvgIpc) is 2.50. The molecular formula is C8H8N2S. The second kappa shape index (κ2) is 3.33. The Kier molecular flexibility index (Phi) is 2.42. The minimum absolute atomic E-state index is 0.450. The van der Waals surface area contributed by atoms with Crippen LogP contribution in [0.4, 0.5) is 0 Å². The summed E-state index contributed by atoms with van der Waals surface area (Å²) in [5.41, 5.74) is 6.26. The molecular weight excluding hydrogens is 156 g/mol. The number of hydrogen-bond donors (Lipinski definition) is 1. The van der Waals surface area contributed by atoms with E-state index in [0.29, 0.717) is 11.4 Å². The molecule has 1 rings (SSSR count). The monoisotopic (exact) mass is 164 g/mol. The van der Waals surface area contributed by atoms with Crippen molar-refractivity contribution in [3.63, 3.8) is 0 Å². The lowest BCUT2D eigenvalue weighted by Gasteiger charge is -1.94. The second-order valence-corrected chi connectivity index (χ2v) is 3.17. The zero-order valence-corrected chi connectivity index (χ0v) is 6.82. The molecule has 0 aliphatic rings. The van der Waals surface area contributed by atoms with Crippen molar-refractivity contribution in [3.05, 3.63) is 28.5 Å². The van der Waals surface area contributed by atoms with Gasteiger partial charge >= 0.3 is 0 Å². The predicted octanol–water partition coefficient (Wildman–Crippen LogP) is 1.59. The second-order valence-electron chi connectivity index (χ2n) is 2.08. The molecule has 1 aromatic rings. The van der Waals surface area contributed by atoms with Crippen LogP contribution in [0.2, 0.25) is 0 Å². The fraction of sp³-hybridized carbons (Fsp3) is 0.125. The predicted molar refractivity (Wildman–Crippen MR) is 47.1 cm³/mol. The van der Waals surface area contributed by atoms with E-state index >= 15 is 0 Å². The first-order valence-electron chi connectivity index (χ1n) is 3.16. The third-order valence-corrected chi connectivity index (χ3v) is 2.40. The molecule has 1 heterocycles. The molecule has 0 fully saturated rings. The summed E-state index contributed by atoms with van der Waals surface area (Å²) in [6, 6.07) is 5.71. The minimum Gasteiger partial charge on any atom is -0.326 e. The molecule has 0 unspecified atom stereocenters. The van der Waals surface area contributed by atoms with Gasteiger partial charge in [0.2, 0.25) is 0 Å². The van der Waals surface area contributed by atoms with Gasteiger partial charge < -0.3 is 5.73 Å². The van der Waals surface area contributed by atoms with Crippen LogP contribution in [0.3, 0.4) is 0 Å². The number of nitriles is 1. The quantitative estimate of drug-likeness (QED) is 0.721. The Labute approximate surface area is 69.6 Å². The number of rotatable bonds is 2. The summed E-state index contributed by atoms with van der Waals surface area (Å²) in [5.74, 6) is 0. The van der Waals surface area contributed by atoms with Crippen molar-refractivity contribution >= 4 is 16.9 Å². The Morgan fingerprint density at radius 1 is 1.73 bits per heavy atom. The number of hydrogen-bond acceptors (Lipinski definition) is 3. The topological polar surface area (TPSA) is 49.8 Å². The first kappa shape index (κ1) is 7.99. The first-order chi connectivity index (χ1) is 5.27. The Morgan fingerprint density at radius 2 is 2.45 bits per heavy atom. The SMILES string of the molecule is C=C(CN)c1ccc(C#N)s1. The molecule has 1 aromatic heterocycles. The van der Waals surface area contributed by atoms with Gasteiger partial charge in [0, 0.05) is 11.4 Å². The lowest BCUT2D eigenvalue weighted by molar-refractivity contribution is 1.28. The van der Waals surface area contributed by atoms with Crippen LogP contribution in [0.1, 0.15) is 9.75 Å². The van der Waals surface area contributed by atoms with Crippen molar-refractivity contribution in [1.29, 1.82) is 5.26 Å². The van der Waals surface area contributed by atoms with Gasteiger partial charge in [0.1, 0.15) is 10.9 Å². The first-order valence-corrected chi connectivity index (χ1v) is 3.97. The molecule has 0 bridgehead atoms. The summed E-state index contributed by atoms with van der Waals surface area (Å²) in [6.07, 6.45) is 0. The molecule has 56 valence electrons. The van der Waals surface area contributed by atoms with Gasteiger partial charge in [0.05, 0.1) is 0 Å². The van der Waals surface area contributed by atoms with Crippen molar-refractivity contribution in [2.24, 2.45) is 5.73 Å². The van der Waals surface area contributed by atoms with Gasteiger partial charge in [-0.05, 0) is 17.7 Å². The molecule has 2 nitrogen and oxygen atoms in total. The maximum absolute atomic E-state index is 8.50. The van der Waals surface area contributed by atoms with E-state index in [2.05, 4.69) is 12.6 Å². The van der Waals surface area contributed by atoms with Crippen LogP contribution in [0, 0.1) is 11.3 Å². The molecule has 3 heteroatoms. The van der Waals surface area contributed by atoms with E-state index in [-0.39, 0.29) is 0 Å². The van der Waals surface area contributed by atoms with E-state index in [9.17, 15) is 0 Å². The summed E-state index contributed by atoms with van der Waals surface area (Å²) >= 11 is 1.42. The van der Waals surface area contributed by atoms with Crippen LogP contribution in [-0.2, 0) is 0 Å². The van der Waals surface area contributed by atoms with Crippen LogP contribution < -0.4 is 5.73 Å². The fourth-order valence-corrected chi connectivity index (χ4v) is 1.47. The van der Waals surface area contributed by atoms with Gasteiger partial charge in [0.15, 0.2) is 0 Å². The molecule has 0 aliphatic carbocycles. The van der Waals surface area contributed by atoms with Crippen LogP contribution >= 0.6 is 11.3 Å². The van der Waals surface area contributed by atoms with Crippen molar-refractivity contribution in [3.8, 4) is 6.07 Å². The summed E-state index contributed by atoms with van der Waals surface area (Å²) in [5, 5.41) is 8.50. The van der Waals surface area contributed by atoms with Crippen LogP contribution in [0.15, 0.2) is 18.7 Å². The van der Waals surface area contributed by atoms with Gasteiger partial charge in [0.25, 0.3) is 0 Å².